The van der Waals surface area contributed by atoms with Gasteiger partial charge in [0.1, 0.15) is 0 Å². The summed E-state index contributed by atoms with van der Waals surface area (Å²) in [6.45, 7) is 3.65. The Morgan fingerprint density at radius 1 is 1.40 bits per heavy atom. The van der Waals surface area contributed by atoms with Gasteiger partial charge in [0.15, 0.2) is 0 Å². The number of carboxylic acid groups (broad SMARTS) is 1. The lowest BCUT2D eigenvalue weighted by Gasteiger charge is -2.36. The number of benzene rings is 1. The van der Waals surface area contributed by atoms with Crippen LogP contribution in [0.2, 0.25) is 0 Å². The average molecular weight is 275 g/mol. The van der Waals surface area contributed by atoms with Crippen molar-refractivity contribution in [1.82, 2.24) is 4.90 Å². The minimum absolute atomic E-state index is 0.182. The lowest BCUT2D eigenvalue weighted by atomic mass is 9.74. The molecule has 0 saturated carbocycles. The number of hydrogen-bond acceptors (Lipinski definition) is 3. The van der Waals surface area contributed by atoms with Crippen molar-refractivity contribution >= 4 is 5.97 Å². The van der Waals surface area contributed by atoms with Crippen LogP contribution in [0, 0.1) is 11.3 Å². The largest absolute Gasteiger partial charge is 0.481 e. The number of hydrogen-bond donors (Lipinski definition) is 1. The van der Waals surface area contributed by atoms with E-state index in [9.17, 15) is 9.90 Å². The molecule has 20 heavy (non-hydrogen) atoms. The molecule has 2 unspecified atom stereocenters. The predicted octanol–water partition coefficient (Wildman–Crippen LogP) is 2.00. The maximum absolute atomic E-state index is 11.6. The zero-order valence-corrected chi connectivity index (χ0v) is 11.6. The summed E-state index contributed by atoms with van der Waals surface area (Å²) in [6, 6.07) is 10.2. The highest BCUT2D eigenvalue weighted by molar-refractivity contribution is 5.72. The molecule has 108 valence electrons. The van der Waals surface area contributed by atoms with Gasteiger partial charge in [-0.15, -0.1) is 0 Å². The van der Waals surface area contributed by atoms with Crippen molar-refractivity contribution in [3.05, 3.63) is 35.9 Å². The van der Waals surface area contributed by atoms with Gasteiger partial charge in [-0.05, 0) is 18.4 Å². The van der Waals surface area contributed by atoms with Gasteiger partial charge in [0, 0.05) is 31.7 Å². The van der Waals surface area contributed by atoms with Crippen molar-refractivity contribution in [2.45, 2.75) is 19.4 Å². The molecular formula is C16H21NO3. The maximum Gasteiger partial charge on any atom is 0.308 e. The standard InChI is InChI=1S/C16H21NO3/c18-15(19)14-10-17(9-13-5-2-1-3-6-13)11-16(14)7-4-8-20-12-16/h1-3,5-6,14H,4,7-12H2,(H,18,19). The van der Waals surface area contributed by atoms with E-state index in [-0.39, 0.29) is 11.3 Å². The third kappa shape index (κ3) is 2.58. The first-order chi connectivity index (χ1) is 9.70. The Labute approximate surface area is 119 Å². The Hall–Kier alpha value is -1.39. The Morgan fingerprint density at radius 2 is 2.20 bits per heavy atom. The molecule has 4 nitrogen and oxygen atoms in total. The van der Waals surface area contributed by atoms with Crippen LogP contribution in [-0.4, -0.2) is 42.3 Å². The summed E-state index contributed by atoms with van der Waals surface area (Å²) < 4.78 is 5.60. The molecule has 0 radical (unpaired) electrons. The highest BCUT2D eigenvalue weighted by Gasteiger charge is 2.50. The molecule has 1 N–H and O–H groups in total. The van der Waals surface area contributed by atoms with Crippen molar-refractivity contribution in [3.8, 4) is 0 Å². The van der Waals surface area contributed by atoms with Gasteiger partial charge < -0.3 is 9.84 Å². The molecule has 1 spiro atoms. The lowest BCUT2D eigenvalue weighted by Crippen LogP contribution is -2.42. The van der Waals surface area contributed by atoms with E-state index < -0.39 is 5.97 Å². The van der Waals surface area contributed by atoms with Crippen LogP contribution in [0.3, 0.4) is 0 Å². The number of ether oxygens (including phenoxy) is 1. The molecule has 2 aliphatic heterocycles. The van der Waals surface area contributed by atoms with E-state index in [0.717, 1.165) is 32.5 Å². The summed E-state index contributed by atoms with van der Waals surface area (Å²) in [4.78, 5) is 13.9. The number of carbonyl (C=O) groups is 1. The van der Waals surface area contributed by atoms with Gasteiger partial charge >= 0.3 is 5.97 Å². The molecule has 2 aliphatic rings. The van der Waals surface area contributed by atoms with Crippen molar-refractivity contribution < 1.29 is 14.6 Å². The molecule has 3 rings (SSSR count). The van der Waals surface area contributed by atoms with Crippen molar-refractivity contribution in [2.24, 2.45) is 11.3 Å². The summed E-state index contributed by atoms with van der Waals surface area (Å²) in [6.07, 6.45) is 1.94. The molecule has 4 heteroatoms. The van der Waals surface area contributed by atoms with Crippen LogP contribution in [0.5, 0.6) is 0 Å². The first kappa shape index (κ1) is 13.6. The first-order valence-electron chi connectivity index (χ1n) is 7.26. The fourth-order valence-electron chi connectivity index (χ4n) is 3.65. The predicted molar refractivity (Wildman–Crippen MR) is 75.3 cm³/mol. The van der Waals surface area contributed by atoms with Gasteiger partial charge in [0.05, 0.1) is 12.5 Å². The molecule has 0 bridgehead atoms. The summed E-state index contributed by atoms with van der Waals surface area (Å²) >= 11 is 0. The Bertz CT molecular complexity index is 468. The third-order valence-corrected chi connectivity index (χ3v) is 4.62. The van der Waals surface area contributed by atoms with Crippen molar-refractivity contribution in [2.75, 3.05) is 26.3 Å². The van der Waals surface area contributed by atoms with Crippen molar-refractivity contribution in [1.29, 1.82) is 0 Å². The van der Waals surface area contributed by atoms with E-state index in [2.05, 4.69) is 17.0 Å². The second-order valence-electron chi connectivity index (χ2n) is 6.06. The molecule has 0 aromatic heterocycles. The molecule has 2 fully saturated rings. The quantitative estimate of drug-likeness (QED) is 0.916. The number of carboxylic acids is 1. The molecule has 0 amide bonds. The van der Waals surface area contributed by atoms with Gasteiger partial charge in [0.25, 0.3) is 0 Å². The number of aliphatic carboxylic acids is 1. The monoisotopic (exact) mass is 275 g/mol. The normalized spacial score (nSPS) is 30.7. The van der Waals surface area contributed by atoms with E-state index in [1.54, 1.807) is 0 Å². The lowest BCUT2D eigenvalue weighted by molar-refractivity contribution is -0.148. The minimum Gasteiger partial charge on any atom is -0.481 e. The van der Waals surface area contributed by atoms with Crippen LogP contribution in [-0.2, 0) is 16.1 Å². The number of rotatable bonds is 3. The molecule has 1 aromatic carbocycles. The van der Waals surface area contributed by atoms with Gasteiger partial charge in [-0.3, -0.25) is 9.69 Å². The van der Waals surface area contributed by atoms with E-state index >= 15 is 0 Å². The zero-order valence-electron chi connectivity index (χ0n) is 11.6. The topological polar surface area (TPSA) is 49.8 Å². The zero-order chi connectivity index (χ0) is 14.0. The number of nitrogens with zero attached hydrogens (tertiary/aromatic N) is 1. The van der Waals surface area contributed by atoms with Crippen LogP contribution in [0.15, 0.2) is 30.3 Å². The van der Waals surface area contributed by atoms with Crippen LogP contribution in [0.1, 0.15) is 18.4 Å². The second kappa shape index (κ2) is 5.54. The van der Waals surface area contributed by atoms with E-state index in [1.165, 1.54) is 5.56 Å². The molecule has 2 saturated heterocycles. The number of likely N-dealkylation sites (tertiary alicyclic amines) is 1. The minimum atomic E-state index is -0.675. The van der Waals surface area contributed by atoms with E-state index in [0.29, 0.717) is 13.2 Å². The molecule has 2 heterocycles. The van der Waals surface area contributed by atoms with Crippen LogP contribution >= 0.6 is 0 Å². The molecule has 0 aliphatic carbocycles. The van der Waals surface area contributed by atoms with Crippen LogP contribution in [0.25, 0.3) is 0 Å². The summed E-state index contributed by atoms with van der Waals surface area (Å²) in [5, 5.41) is 9.53. The molecule has 1 aromatic rings. The molecule has 2 atom stereocenters. The van der Waals surface area contributed by atoms with E-state index in [1.807, 2.05) is 18.2 Å². The first-order valence-corrected chi connectivity index (χ1v) is 7.26. The summed E-state index contributed by atoms with van der Waals surface area (Å²) in [5.41, 5.74) is 1.06. The van der Waals surface area contributed by atoms with Gasteiger partial charge in [-0.25, -0.2) is 0 Å². The highest BCUT2D eigenvalue weighted by atomic mass is 16.5. The third-order valence-electron chi connectivity index (χ3n) is 4.62. The van der Waals surface area contributed by atoms with Crippen LogP contribution < -0.4 is 0 Å². The van der Waals surface area contributed by atoms with Gasteiger partial charge in [-0.2, -0.15) is 0 Å². The fraction of sp³-hybridized carbons (Fsp3) is 0.562. The highest BCUT2D eigenvalue weighted by Crippen LogP contribution is 2.43. The second-order valence-corrected chi connectivity index (χ2v) is 6.06. The van der Waals surface area contributed by atoms with Gasteiger partial charge in [0.2, 0.25) is 0 Å². The Morgan fingerprint density at radius 3 is 2.85 bits per heavy atom. The van der Waals surface area contributed by atoms with E-state index in [4.69, 9.17) is 4.74 Å². The molecular weight excluding hydrogens is 254 g/mol. The summed E-state index contributed by atoms with van der Waals surface area (Å²) in [7, 11) is 0. The Kier molecular flexibility index (Phi) is 3.76. The average Bonchev–Trinajstić information content (AvgIpc) is 2.79. The summed E-state index contributed by atoms with van der Waals surface area (Å²) in [5.74, 6) is -0.974. The maximum atomic E-state index is 11.6. The van der Waals surface area contributed by atoms with Crippen LogP contribution in [0.4, 0.5) is 0 Å². The smallest absolute Gasteiger partial charge is 0.308 e. The Balaban J connectivity index is 1.74. The van der Waals surface area contributed by atoms with Gasteiger partial charge in [-0.1, -0.05) is 30.3 Å². The van der Waals surface area contributed by atoms with Crippen molar-refractivity contribution in [3.63, 3.8) is 0 Å². The SMILES string of the molecule is O=C(O)C1CN(Cc2ccccc2)CC12CCCOC2. The fourth-order valence-corrected chi connectivity index (χ4v) is 3.65.